The number of benzene rings is 1. The third-order valence-corrected chi connectivity index (χ3v) is 4.02. The Morgan fingerprint density at radius 3 is 2.45 bits per heavy atom. The Hall–Kier alpha value is -1.90. The minimum atomic E-state index is -0.808. The molecular weight excluding hydrogens is 282 g/mol. The first-order valence-corrected chi connectivity index (χ1v) is 7.22. The van der Waals surface area contributed by atoms with Crippen LogP contribution < -0.4 is 0 Å². The second-order valence-corrected chi connectivity index (χ2v) is 5.98. The van der Waals surface area contributed by atoms with Gasteiger partial charge in [-0.25, -0.2) is 0 Å². The van der Waals surface area contributed by atoms with Crippen LogP contribution in [0.2, 0.25) is 0 Å². The molecule has 1 aromatic rings. The number of hydrogen-bond donors (Lipinski definition) is 2. The highest BCUT2D eigenvalue weighted by Crippen LogP contribution is 2.30. The summed E-state index contributed by atoms with van der Waals surface area (Å²) >= 11 is 0. The maximum atomic E-state index is 12.2. The van der Waals surface area contributed by atoms with E-state index in [0.29, 0.717) is 16.7 Å². The molecule has 0 saturated carbocycles. The van der Waals surface area contributed by atoms with E-state index in [1.807, 2.05) is 0 Å². The van der Waals surface area contributed by atoms with Gasteiger partial charge in [0, 0.05) is 0 Å². The summed E-state index contributed by atoms with van der Waals surface area (Å²) in [5.41, 5.74) is 1.18. The Labute approximate surface area is 131 Å². The number of aliphatic hydroxyl groups excluding tert-OH is 2. The van der Waals surface area contributed by atoms with Gasteiger partial charge in [-0.2, -0.15) is 5.26 Å². The molecule has 0 heterocycles. The maximum Gasteiger partial charge on any atom is 0.310 e. The van der Waals surface area contributed by atoms with E-state index in [1.54, 1.807) is 45.9 Å². The third-order valence-electron chi connectivity index (χ3n) is 4.02. The number of carbonyl (C=O) groups is 1. The zero-order chi connectivity index (χ0) is 16.9. The summed E-state index contributed by atoms with van der Waals surface area (Å²) in [7, 11) is 0. The normalized spacial score (nSPS) is 14.0. The molecule has 0 aliphatic heterocycles. The lowest BCUT2D eigenvalue weighted by Crippen LogP contribution is -2.29. The van der Waals surface area contributed by atoms with Gasteiger partial charge in [0.05, 0.1) is 30.6 Å². The summed E-state index contributed by atoms with van der Waals surface area (Å²) in [6, 6.07) is 7.24. The molecule has 0 amide bonds. The van der Waals surface area contributed by atoms with Crippen LogP contribution >= 0.6 is 0 Å². The first kappa shape index (κ1) is 18.1. The van der Waals surface area contributed by atoms with Gasteiger partial charge in [0.25, 0.3) is 0 Å². The van der Waals surface area contributed by atoms with E-state index in [1.165, 1.54) is 0 Å². The van der Waals surface area contributed by atoms with Gasteiger partial charge in [-0.1, -0.05) is 25.1 Å². The van der Waals surface area contributed by atoms with Crippen LogP contribution in [0.15, 0.2) is 18.2 Å². The fraction of sp³-hybridized carbons (Fsp3) is 0.529. The molecule has 5 heteroatoms. The molecule has 0 radical (unpaired) electrons. The summed E-state index contributed by atoms with van der Waals surface area (Å²) < 4.78 is 5.44. The van der Waals surface area contributed by atoms with Crippen LogP contribution in [0.5, 0.6) is 0 Å². The number of ether oxygens (including phenoxy) is 1. The van der Waals surface area contributed by atoms with E-state index in [-0.39, 0.29) is 13.2 Å². The fourth-order valence-electron chi connectivity index (χ4n) is 2.02. The summed E-state index contributed by atoms with van der Waals surface area (Å²) in [5.74, 6) is -1.01. The van der Waals surface area contributed by atoms with Crippen LogP contribution in [-0.2, 0) is 22.7 Å². The van der Waals surface area contributed by atoms with E-state index in [9.17, 15) is 9.90 Å². The van der Waals surface area contributed by atoms with E-state index < -0.39 is 23.4 Å². The third kappa shape index (κ3) is 4.06. The highest BCUT2D eigenvalue weighted by Gasteiger charge is 2.33. The van der Waals surface area contributed by atoms with Crippen LogP contribution in [0, 0.1) is 22.7 Å². The molecule has 120 valence electrons. The first-order valence-electron chi connectivity index (χ1n) is 7.22. The first-order chi connectivity index (χ1) is 10.3. The van der Waals surface area contributed by atoms with Gasteiger partial charge in [-0.3, -0.25) is 4.79 Å². The van der Waals surface area contributed by atoms with E-state index >= 15 is 0 Å². The van der Waals surface area contributed by atoms with Gasteiger partial charge >= 0.3 is 5.97 Å². The largest absolute Gasteiger partial charge is 0.458 e. The highest BCUT2D eigenvalue weighted by molar-refractivity contribution is 5.73. The van der Waals surface area contributed by atoms with Gasteiger partial charge in [0.2, 0.25) is 0 Å². The summed E-state index contributed by atoms with van der Waals surface area (Å²) in [6.07, 6.45) is -0.542. The van der Waals surface area contributed by atoms with Crippen molar-refractivity contribution in [1.29, 1.82) is 5.26 Å². The van der Waals surface area contributed by atoms with Crippen LogP contribution in [0.1, 0.15) is 50.5 Å². The smallest absolute Gasteiger partial charge is 0.310 e. The second-order valence-electron chi connectivity index (χ2n) is 5.98. The number of nitriles is 1. The number of esters is 1. The lowest BCUT2D eigenvalue weighted by Gasteiger charge is -2.25. The molecule has 0 aromatic heterocycles. The van der Waals surface area contributed by atoms with Crippen molar-refractivity contribution in [3.63, 3.8) is 0 Å². The van der Waals surface area contributed by atoms with E-state index in [4.69, 9.17) is 15.1 Å². The average Bonchev–Trinajstić information content (AvgIpc) is 2.52. The molecule has 2 atom stereocenters. The molecule has 22 heavy (non-hydrogen) atoms. The van der Waals surface area contributed by atoms with Crippen molar-refractivity contribution in [3.05, 3.63) is 34.9 Å². The molecule has 0 saturated heterocycles. The molecule has 0 aliphatic rings. The number of hydrogen-bond acceptors (Lipinski definition) is 5. The lowest BCUT2D eigenvalue weighted by atomic mass is 9.81. The van der Waals surface area contributed by atoms with Crippen molar-refractivity contribution in [2.75, 3.05) is 0 Å². The van der Waals surface area contributed by atoms with Gasteiger partial charge in [0.15, 0.2) is 0 Å². The number of carbonyl (C=O) groups excluding carboxylic acids is 1. The predicted octanol–water partition coefficient (Wildman–Crippen LogP) is 2.46. The summed E-state index contributed by atoms with van der Waals surface area (Å²) in [6.45, 7) is 6.45. The highest BCUT2D eigenvalue weighted by atomic mass is 16.5. The quantitative estimate of drug-likeness (QED) is 0.788. The van der Waals surface area contributed by atoms with Gasteiger partial charge in [0.1, 0.15) is 6.10 Å². The number of nitrogens with zero attached hydrogens (tertiary/aromatic N) is 1. The van der Waals surface area contributed by atoms with Gasteiger partial charge in [-0.15, -0.1) is 0 Å². The fourth-order valence-corrected chi connectivity index (χ4v) is 2.02. The number of rotatable bonds is 6. The van der Waals surface area contributed by atoms with Gasteiger partial charge in [-0.05, 0) is 37.5 Å². The Bertz CT molecular complexity index is 575. The molecule has 5 nitrogen and oxygen atoms in total. The molecule has 0 bridgehead atoms. The Morgan fingerprint density at radius 2 is 1.95 bits per heavy atom. The molecule has 2 unspecified atom stereocenters. The van der Waals surface area contributed by atoms with E-state index in [0.717, 1.165) is 0 Å². The molecule has 0 aliphatic carbocycles. The molecule has 2 N–H and O–H groups in total. The maximum absolute atomic E-state index is 12.2. The summed E-state index contributed by atoms with van der Waals surface area (Å²) in [4.78, 5) is 12.2. The molecule has 1 rings (SSSR count). The Balaban J connectivity index is 2.92. The molecule has 0 spiro atoms. The lowest BCUT2D eigenvalue weighted by molar-refractivity contribution is -0.155. The Kier molecular flexibility index (Phi) is 6.10. The van der Waals surface area contributed by atoms with Crippen molar-refractivity contribution in [1.82, 2.24) is 0 Å². The zero-order valence-electron chi connectivity index (χ0n) is 13.5. The van der Waals surface area contributed by atoms with Crippen LogP contribution in [0.3, 0.4) is 0 Å². The van der Waals surface area contributed by atoms with Crippen molar-refractivity contribution >= 4 is 5.97 Å². The van der Waals surface area contributed by atoms with Crippen LogP contribution in [0.4, 0.5) is 0 Å². The SMILES string of the molecule is CC(OC(=O)C(C)C(C)(C)C#N)c1ccc(CO)cc1CO. The standard InChI is InChI=1S/C17H23NO4/c1-11(17(3,4)10-18)16(21)22-12(2)15-6-5-13(8-19)7-14(15)9-20/h5-7,11-12,19-20H,8-9H2,1-4H3. The van der Waals surface area contributed by atoms with Crippen molar-refractivity contribution in [2.45, 2.75) is 47.0 Å². The Morgan fingerprint density at radius 1 is 1.32 bits per heavy atom. The minimum absolute atomic E-state index is 0.116. The van der Waals surface area contributed by atoms with Crippen molar-refractivity contribution < 1.29 is 19.7 Å². The number of aliphatic hydroxyl groups is 2. The van der Waals surface area contributed by atoms with Gasteiger partial charge < -0.3 is 14.9 Å². The average molecular weight is 305 g/mol. The van der Waals surface area contributed by atoms with Crippen molar-refractivity contribution in [2.24, 2.45) is 11.3 Å². The second kappa shape index (κ2) is 7.39. The van der Waals surface area contributed by atoms with Crippen molar-refractivity contribution in [3.8, 4) is 6.07 Å². The van der Waals surface area contributed by atoms with E-state index in [2.05, 4.69) is 6.07 Å². The zero-order valence-corrected chi connectivity index (χ0v) is 13.5. The van der Waals surface area contributed by atoms with Crippen LogP contribution in [0.25, 0.3) is 0 Å². The minimum Gasteiger partial charge on any atom is -0.458 e. The monoisotopic (exact) mass is 305 g/mol. The molecule has 0 fully saturated rings. The van der Waals surface area contributed by atoms with Crippen LogP contribution in [-0.4, -0.2) is 16.2 Å². The predicted molar refractivity (Wildman–Crippen MR) is 81.4 cm³/mol. The molecule has 1 aromatic carbocycles. The topological polar surface area (TPSA) is 90.6 Å². The molecular formula is C17H23NO4. The summed E-state index contributed by atoms with van der Waals surface area (Å²) in [5, 5.41) is 27.6.